The average molecular weight is 307 g/mol. The summed E-state index contributed by atoms with van der Waals surface area (Å²) in [5.74, 6) is 0.194. The second kappa shape index (κ2) is 5.98. The molecular formula is C14H15BrN2O. The topological polar surface area (TPSA) is 45.1 Å². The lowest BCUT2D eigenvalue weighted by Gasteiger charge is -2.14. The highest BCUT2D eigenvalue weighted by molar-refractivity contribution is 9.10. The molecule has 1 aromatic carbocycles. The van der Waals surface area contributed by atoms with Crippen LogP contribution in [0.15, 0.2) is 47.1 Å². The lowest BCUT2D eigenvalue weighted by Crippen LogP contribution is -2.18. The molecule has 94 valence electrons. The molecule has 4 heteroatoms. The summed E-state index contributed by atoms with van der Waals surface area (Å²) in [4.78, 5) is 4.14. The Kier molecular flexibility index (Phi) is 4.33. The first-order chi connectivity index (χ1) is 8.65. The first kappa shape index (κ1) is 13.1. The van der Waals surface area contributed by atoms with Gasteiger partial charge in [-0.05, 0) is 36.8 Å². The summed E-state index contributed by atoms with van der Waals surface area (Å²) in [6, 6.07) is 12.0. The van der Waals surface area contributed by atoms with Crippen molar-refractivity contribution in [2.75, 3.05) is 0 Å². The Morgan fingerprint density at radius 1 is 1.22 bits per heavy atom. The van der Waals surface area contributed by atoms with Crippen molar-refractivity contribution >= 4 is 15.9 Å². The molecule has 0 aliphatic heterocycles. The van der Waals surface area contributed by atoms with Gasteiger partial charge in [0, 0.05) is 17.1 Å². The molecule has 1 aromatic heterocycles. The number of rotatable bonds is 4. The first-order valence-corrected chi connectivity index (χ1v) is 6.57. The van der Waals surface area contributed by atoms with Gasteiger partial charge in [-0.25, -0.2) is 0 Å². The van der Waals surface area contributed by atoms with Gasteiger partial charge >= 0.3 is 0 Å². The molecule has 0 spiro atoms. The minimum atomic E-state index is 0.194. The number of aromatic nitrogens is 1. The molecule has 1 unspecified atom stereocenters. The van der Waals surface area contributed by atoms with E-state index in [-0.39, 0.29) is 11.8 Å². The van der Waals surface area contributed by atoms with E-state index in [1.54, 1.807) is 6.07 Å². The summed E-state index contributed by atoms with van der Waals surface area (Å²) in [5.41, 5.74) is 2.15. The highest BCUT2D eigenvalue weighted by atomic mass is 79.9. The van der Waals surface area contributed by atoms with Gasteiger partial charge in [0.15, 0.2) is 0 Å². The fourth-order valence-electron chi connectivity index (χ4n) is 1.65. The van der Waals surface area contributed by atoms with Crippen molar-refractivity contribution in [2.45, 2.75) is 19.5 Å². The molecule has 2 aromatic rings. The van der Waals surface area contributed by atoms with E-state index in [1.807, 2.05) is 18.2 Å². The average Bonchev–Trinajstić information content (AvgIpc) is 2.38. The molecule has 0 saturated carbocycles. The summed E-state index contributed by atoms with van der Waals surface area (Å²) in [5, 5.41) is 12.5. The van der Waals surface area contributed by atoms with E-state index < -0.39 is 0 Å². The molecule has 3 nitrogen and oxygen atoms in total. The second-order valence-corrected chi connectivity index (χ2v) is 5.08. The molecule has 1 atom stereocenters. The maximum Gasteiger partial charge on any atom is 0.133 e. The van der Waals surface area contributed by atoms with Gasteiger partial charge in [-0.1, -0.05) is 28.1 Å². The Labute approximate surface area is 115 Å². The zero-order valence-electron chi connectivity index (χ0n) is 10.1. The van der Waals surface area contributed by atoms with Crippen molar-refractivity contribution in [1.29, 1.82) is 0 Å². The Morgan fingerprint density at radius 3 is 2.56 bits per heavy atom. The van der Waals surface area contributed by atoms with E-state index in [4.69, 9.17) is 5.11 Å². The van der Waals surface area contributed by atoms with Crippen LogP contribution in [-0.2, 0) is 6.54 Å². The smallest absolute Gasteiger partial charge is 0.133 e. The summed E-state index contributed by atoms with van der Waals surface area (Å²) >= 11 is 3.42. The van der Waals surface area contributed by atoms with Gasteiger partial charge in [-0.15, -0.1) is 0 Å². The third kappa shape index (κ3) is 3.55. The maximum atomic E-state index is 9.15. The molecule has 0 saturated heterocycles. The minimum Gasteiger partial charge on any atom is -0.506 e. The zero-order valence-corrected chi connectivity index (χ0v) is 11.7. The van der Waals surface area contributed by atoms with Crippen LogP contribution in [-0.4, -0.2) is 10.1 Å². The van der Waals surface area contributed by atoms with E-state index in [2.05, 4.69) is 45.3 Å². The molecule has 0 aliphatic carbocycles. The Morgan fingerprint density at radius 2 is 1.94 bits per heavy atom. The van der Waals surface area contributed by atoms with Gasteiger partial charge in [0.2, 0.25) is 0 Å². The van der Waals surface area contributed by atoms with E-state index in [9.17, 15) is 0 Å². The molecular weight excluding hydrogens is 292 g/mol. The summed E-state index contributed by atoms with van der Waals surface area (Å²) in [6.45, 7) is 2.79. The van der Waals surface area contributed by atoms with Crippen LogP contribution in [0.2, 0.25) is 0 Å². The van der Waals surface area contributed by atoms with Crippen molar-refractivity contribution in [3.05, 3.63) is 58.3 Å². The fourth-order valence-corrected chi connectivity index (χ4v) is 1.91. The van der Waals surface area contributed by atoms with Crippen molar-refractivity contribution in [3.63, 3.8) is 0 Å². The van der Waals surface area contributed by atoms with Crippen molar-refractivity contribution in [3.8, 4) is 5.75 Å². The van der Waals surface area contributed by atoms with Crippen LogP contribution in [0.1, 0.15) is 24.2 Å². The van der Waals surface area contributed by atoms with Crippen LogP contribution in [0.25, 0.3) is 0 Å². The Balaban J connectivity index is 1.93. The van der Waals surface area contributed by atoms with Crippen LogP contribution in [0, 0.1) is 0 Å². The lowest BCUT2D eigenvalue weighted by atomic mass is 10.1. The molecule has 2 rings (SSSR count). The van der Waals surface area contributed by atoms with Crippen LogP contribution >= 0.6 is 15.9 Å². The zero-order chi connectivity index (χ0) is 13.0. The van der Waals surface area contributed by atoms with E-state index in [0.29, 0.717) is 6.54 Å². The van der Waals surface area contributed by atoms with E-state index in [0.717, 1.165) is 10.2 Å². The van der Waals surface area contributed by atoms with E-state index >= 15 is 0 Å². The molecule has 18 heavy (non-hydrogen) atoms. The highest BCUT2D eigenvalue weighted by Crippen LogP contribution is 2.17. The van der Waals surface area contributed by atoms with Crippen molar-refractivity contribution in [2.24, 2.45) is 0 Å². The molecule has 0 bridgehead atoms. The monoisotopic (exact) mass is 306 g/mol. The highest BCUT2D eigenvalue weighted by Gasteiger charge is 2.05. The quantitative estimate of drug-likeness (QED) is 0.910. The van der Waals surface area contributed by atoms with E-state index in [1.165, 1.54) is 11.8 Å². The predicted octanol–water partition coefficient (Wildman–Crippen LogP) is 3.40. The molecule has 2 N–H and O–H groups in total. The predicted molar refractivity (Wildman–Crippen MR) is 75.3 cm³/mol. The SMILES string of the molecule is CC(NCc1ccc(O)cn1)c1ccc(Br)cc1. The summed E-state index contributed by atoms with van der Waals surface area (Å²) in [7, 11) is 0. The molecule has 0 amide bonds. The van der Waals surface area contributed by atoms with Gasteiger partial charge < -0.3 is 10.4 Å². The number of benzene rings is 1. The third-order valence-corrected chi connectivity index (χ3v) is 3.30. The number of nitrogens with zero attached hydrogens (tertiary/aromatic N) is 1. The number of aromatic hydroxyl groups is 1. The maximum absolute atomic E-state index is 9.15. The third-order valence-electron chi connectivity index (χ3n) is 2.77. The largest absolute Gasteiger partial charge is 0.506 e. The molecule has 0 radical (unpaired) electrons. The second-order valence-electron chi connectivity index (χ2n) is 4.16. The summed E-state index contributed by atoms with van der Waals surface area (Å²) < 4.78 is 1.08. The van der Waals surface area contributed by atoms with Gasteiger partial charge in [0.25, 0.3) is 0 Å². The summed E-state index contributed by atoms with van der Waals surface area (Å²) in [6.07, 6.45) is 1.46. The van der Waals surface area contributed by atoms with Gasteiger partial charge in [0.05, 0.1) is 11.9 Å². The normalized spacial score (nSPS) is 12.3. The van der Waals surface area contributed by atoms with Crippen LogP contribution in [0.3, 0.4) is 0 Å². The Hall–Kier alpha value is -1.39. The Bertz CT molecular complexity index is 496. The van der Waals surface area contributed by atoms with Gasteiger partial charge in [-0.3, -0.25) is 4.98 Å². The van der Waals surface area contributed by atoms with Crippen LogP contribution in [0.4, 0.5) is 0 Å². The van der Waals surface area contributed by atoms with Crippen molar-refractivity contribution in [1.82, 2.24) is 10.3 Å². The first-order valence-electron chi connectivity index (χ1n) is 5.78. The molecule has 0 fully saturated rings. The fraction of sp³-hybridized carbons (Fsp3) is 0.214. The number of pyridine rings is 1. The number of nitrogens with one attached hydrogen (secondary N) is 1. The van der Waals surface area contributed by atoms with Gasteiger partial charge in [-0.2, -0.15) is 0 Å². The number of hydrogen-bond acceptors (Lipinski definition) is 3. The molecule has 1 heterocycles. The van der Waals surface area contributed by atoms with Crippen LogP contribution < -0.4 is 5.32 Å². The van der Waals surface area contributed by atoms with Gasteiger partial charge in [0.1, 0.15) is 5.75 Å². The molecule has 0 aliphatic rings. The lowest BCUT2D eigenvalue weighted by molar-refractivity contribution is 0.471. The number of halogens is 1. The number of hydrogen-bond donors (Lipinski definition) is 2. The van der Waals surface area contributed by atoms with Crippen LogP contribution in [0.5, 0.6) is 5.75 Å². The minimum absolute atomic E-state index is 0.194. The standard InChI is InChI=1S/C14H15BrN2O/c1-10(11-2-4-12(15)5-3-11)16-8-13-6-7-14(18)9-17-13/h2-7,9-10,16,18H,8H2,1H3. The van der Waals surface area contributed by atoms with Crippen molar-refractivity contribution < 1.29 is 5.11 Å².